The lowest BCUT2D eigenvalue weighted by molar-refractivity contribution is 0.0949. The highest BCUT2D eigenvalue weighted by Crippen LogP contribution is 2.19. The van der Waals surface area contributed by atoms with E-state index in [-0.39, 0.29) is 12.5 Å². The fourth-order valence-corrected chi connectivity index (χ4v) is 3.04. The van der Waals surface area contributed by atoms with Gasteiger partial charge in [0.2, 0.25) is 0 Å². The van der Waals surface area contributed by atoms with Gasteiger partial charge >= 0.3 is 0 Å². The van der Waals surface area contributed by atoms with Crippen LogP contribution in [0.4, 0.5) is 0 Å². The van der Waals surface area contributed by atoms with Gasteiger partial charge in [0, 0.05) is 16.3 Å². The molecule has 3 rings (SSSR count). The van der Waals surface area contributed by atoms with Crippen molar-refractivity contribution in [2.75, 3.05) is 0 Å². The number of hydrogen-bond acceptors (Lipinski definition) is 5. The van der Waals surface area contributed by atoms with Crippen molar-refractivity contribution < 1.29 is 4.79 Å². The number of carbonyl (C=O) groups is 1. The molecule has 0 aliphatic rings. The maximum atomic E-state index is 12.3. The smallest absolute Gasteiger partial charge is 0.253 e. The highest BCUT2D eigenvalue weighted by atomic mass is 32.1. The first kappa shape index (κ1) is 14.5. The molecular weight excluding hydrogens is 300 g/mol. The Kier molecular flexibility index (Phi) is 4.01. The molecule has 0 saturated heterocycles. The van der Waals surface area contributed by atoms with Gasteiger partial charge in [0.25, 0.3) is 5.91 Å². The topological polar surface area (TPSA) is 88.5 Å². The van der Waals surface area contributed by atoms with E-state index in [0.717, 1.165) is 17.9 Å². The number of aromatic amines is 1. The Labute approximate surface area is 131 Å². The average Bonchev–Trinajstić information content (AvgIpc) is 3.23. The molecule has 0 bridgehead atoms. The number of aryl methyl sites for hydroxylation is 1. The molecule has 0 aliphatic heterocycles. The Hall–Kier alpha value is -2.48. The maximum Gasteiger partial charge on any atom is 0.253 e. The van der Waals surface area contributed by atoms with Gasteiger partial charge in [-0.1, -0.05) is 11.3 Å². The van der Waals surface area contributed by atoms with Crippen molar-refractivity contribution in [3.8, 4) is 0 Å². The molecule has 8 heteroatoms. The Morgan fingerprint density at radius 1 is 1.45 bits per heavy atom. The van der Waals surface area contributed by atoms with Crippen LogP contribution in [0.15, 0.2) is 23.6 Å². The number of tetrazole rings is 1. The van der Waals surface area contributed by atoms with Gasteiger partial charge in [0.1, 0.15) is 0 Å². The van der Waals surface area contributed by atoms with Crippen LogP contribution in [0.5, 0.6) is 0 Å². The molecule has 114 valence electrons. The third-order valence-electron chi connectivity index (χ3n) is 3.51. The molecule has 2 N–H and O–H groups in total. The van der Waals surface area contributed by atoms with Gasteiger partial charge in [-0.3, -0.25) is 4.79 Å². The molecule has 7 nitrogen and oxygen atoms in total. The highest BCUT2D eigenvalue weighted by Gasteiger charge is 2.16. The summed E-state index contributed by atoms with van der Waals surface area (Å²) in [5, 5.41) is 18.3. The lowest BCUT2D eigenvalue weighted by Crippen LogP contribution is -2.24. The van der Waals surface area contributed by atoms with Gasteiger partial charge < -0.3 is 9.88 Å². The quantitative estimate of drug-likeness (QED) is 0.749. The standard InChI is InChI=1S/C14H16N6OS/c1-9-6-12(14(21)15-7-13-16-18-19-17-13)10(2)20(9)8-11-4-3-5-22-11/h3-6H,7-8H2,1-2H3,(H,15,21)(H,16,17,18,19). The van der Waals surface area contributed by atoms with E-state index >= 15 is 0 Å². The molecule has 0 aromatic carbocycles. The largest absolute Gasteiger partial charge is 0.345 e. The Balaban J connectivity index is 1.75. The molecule has 0 saturated carbocycles. The number of H-pyrrole nitrogens is 1. The Bertz CT molecular complexity index is 760. The third-order valence-corrected chi connectivity index (χ3v) is 4.37. The van der Waals surface area contributed by atoms with Crippen LogP contribution < -0.4 is 5.32 Å². The molecule has 0 unspecified atom stereocenters. The molecule has 3 heterocycles. The normalized spacial score (nSPS) is 10.8. The number of nitrogens with zero attached hydrogens (tertiary/aromatic N) is 4. The number of hydrogen-bond donors (Lipinski definition) is 2. The fraction of sp³-hybridized carbons (Fsp3) is 0.286. The van der Waals surface area contributed by atoms with E-state index < -0.39 is 0 Å². The average molecular weight is 316 g/mol. The molecular formula is C14H16N6OS. The maximum absolute atomic E-state index is 12.3. The summed E-state index contributed by atoms with van der Waals surface area (Å²) in [6.07, 6.45) is 0. The van der Waals surface area contributed by atoms with Gasteiger partial charge in [0.05, 0.1) is 18.7 Å². The van der Waals surface area contributed by atoms with Gasteiger partial charge in [-0.15, -0.1) is 21.5 Å². The van der Waals surface area contributed by atoms with Crippen molar-refractivity contribution in [3.05, 3.63) is 51.2 Å². The Morgan fingerprint density at radius 3 is 3.00 bits per heavy atom. The van der Waals surface area contributed by atoms with E-state index in [1.807, 2.05) is 26.0 Å². The predicted molar refractivity (Wildman–Crippen MR) is 82.7 cm³/mol. The third kappa shape index (κ3) is 2.91. The first-order valence-electron chi connectivity index (χ1n) is 6.85. The van der Waals surface area contributed by atoms with Gasteiger partial charge in [-0.2, -0.15) is 5.21 Å². The molecule has 0 aliphatic carbocycles. The molecule has 0 spiro atoms. The zero-order chi connectivity index (χ0) is 15.5. The minimum Gasteiger partial charge on any atom is -0.345 e. The second-order valence-corrected chi connectivity index (χ2v) is 5.99. The molecule has 0 fully saturated rings. The van der Waals surface area contributed by atoms with Crippen LogP contribution in [0.25, 0.3) is 0 Å². The molecule has 0 radical (unpaired) electrons. The van der Waals surface area contributed by atoms with Crippen molar-refractivity contribution in [2.45, 2.75) is 26.9 Å². The van der Waals surface area contributed by atoms with Gasteiger partial charge in [0.15, 0.2) is 5.82 Å². The van der Waals surface area contributed by atoms with Crippen LogP contribution >= 0.6 is 11.3 Å². The first-order chi connectivity index (χ1) is 10.6. The molecule has 3 aromatic rings. The molecule has 0 atom stereocenters. The molecule has 22 heavy (non-hydrogen) atoms. The monoisotopic (exact) mass is 316 g/mol. The second kappa shape index (κ2) is 6.10. The number of amides is 1. The summed E-state index contributed by atoms with van der Waals surface area (Å²) in [5.41, 5.74) is 2.70. The number of aromatic nitrogens is 5. The van der Waals surface area contributed by atoms with Crippen LogP contribution in [0, 0.1) is 13.8 Å². The molecule has 3 aromatic heterocycles. The minimum absolute atomic E-state index is 0.129. The van der Waals surface area contributed by atoms with Crippen molar-refractivity contribution in [1.82, 2.24) is 30.5 Å². The van der Waals surface area contributed by atoms with E-state index in [4.69, 9.17) is 0 Å². The number of thiophene rings is 1. The number of carbonyl (C=O) groups excluding carboxylic acids is 1. The van der Waals surface area contributed by atoms with Crippen LogP contribution in [0.3, 0.4) is 0 Å². The van der Waals surface area contributed by atoms with E-state index in [0.29, 0.717) is 11.4 Å². The van der Waals surface area contributed by atoms with Crippen molar-refractivity contribution in [1.29, 1.82) is 0 Å². The number of nitrogens with one attached hydrogen (secondary N) is 2. The summed E-state index contributed by atoms with van der Waals surface area (Å²) >= 11 is 1.71. The van der Waals surface area contributed by atoms with Crippen molar-refractivity contribution in [3.63, 3.8) is 0 Å². The second-order valence-electron chi connectivity index (χ2n) is 4.96. The highest BCUT2D eigenvalue weighted by molar-refractivity contribution is 7.09. The summed E-state index contributed by atoms with van der Waals surface area (Å²) in [7, 11) is 0. The summed E-state index contributed by atoms with van der Waals surface area (Å²) < 4.78 is 2.15. The number of rotatable bonds is 5. The zero-order valence-electron chi connectivity index (χ0n) is 12.3. The van der Waals surface area contributed by atoms with Crippen molar-refractivity contribution in [2.24, 2.45) is 0 Å². The zero-order valence-corrected chi connectivity index (χ0v) is 13.1. The minimum atomic E-state index is -0.129. The predicted octanol–water partition coefficient (Wildman–Crippen LogP) is 1.66. The van der Waals surface area contributed by atoms with E-state index in [1.165, 1.54) is 4.88 Å². The van der Waals surface area contributed by atoms with Crippen LogP contribution in [0.2, 0.25) is 0 Å². The molecule has 1 amide bonds. The van der Waals surface area contributed by atoms with Crippen molar-refractivity contribution >= 4 is 17.2 Å². The van der Waals surface area contributed by atoms with E-state index in [1.54, 1.807) is 11.3 Å². The SMILES string of the molecule is Cc1cc(C(=O)NCc2nn[nH]n2)c(C)n1Cc1cccs1. The summed E-state index contributed by atoms with van der Waals surface area (Å²) in [4.78, 5) is 13.6. The lowest BCUT2D eigenvalue weighted by Gasteiger charge is -2.08. The summed E-state index contributed by atoms with van der Waals surface area (Å²) in [6.45, 7) is 5.01. The van der Waals surface area contributed by atoms with E-state index in [9.17, 15) is 4.79 Å². The van der Waals surface area contributed by atoms with Gasteiger partial charge in [-0.05, 0) is 31.4 Å². The Morgan fingerprint density at radius 2 is 2.32 bits per heavy atom. The van der Waals surface area contributed by atoms with Crippen LogP contribution in [-0.2, 0) is 13.1 Å². The van der Waals surface area contributed by atoms with Crippen LogP contribution in [0.1, 0.15) is 32.4 Å². The first-order valence-corrected chi connectivity index (χ1v) is 7.72. The van der Waals surface area contributed by atoms with Crippen LogP contribution in [-0.4, -0.2) is 31.1 Å². The summed E-state index contributed by atoms with van der Waals surface area (Å²) in [5.74, 6) is 0.330. The van der Waals surface area contributed by atoms with Gasteiger partial charge in [-0.25, -0.2) is 0 Å². The summed E-state index contributed by atoms with van der Waals surface area (Å²) in [6, 6.07) is 6.04. The fourth-order valence-electron chi connectivity index (χ4n) is 2.34. The van der Waals surface area contributed by atoms with E-state index in [2.05, 4.69) is 42.0 Å². The lowest BCUT2D eigenvalue weighted by atomic mass is 10.2.